The summed E-state index contributed by atoms with van der Waals surface area (Å²) >= 11 is 0. The van der Waals surface area contributed by atoms with Crippen LogP contribution in [0.1, 0.15) is 41.0 Å². The number of piperidine rings is 1. The first-order chi connectivity index (χ1) is 14.5. The van der Waals surface area contributed by atoms with Crippen molar-refractivity contribution in [2.45, 2.75) is 33.1 Å². The van der Waals surface area contributed by atoms with Gasteiger partial charge in [-0.15, -0.1) is 0 Å². The predicted molar refractivity (Wildman–Crippen MR) is 118 cm³/mol. The van der Waals surface area contributed by atoms with Crippen molar-refractivity contribution in [1.82, 2.24) is 19.7 Å². The quantitative estimate of drug-likeness (QED) is 0.844. The number of aromatic nitrogens is 1. The Morgan fingerprint density at radius 2 is 1.40 bits per heavy atom. The maximum atomic E-state index is 13.0. The first-order valence-corrected chi connectivity index (χ1v) is 11.0. The van der Waals surface area contributed by atoms with E-state index in [4.69, 9.17) is 0 Å². The summed E-state index contributed by atoms with van der Waals surface area (Å²) in [6.07, 6.45) is 3.13. The monoisotopic (exact) mass is 408 g/mol. The largest absolute Gasteiger partial charge is 0.341 e. The molecule has 1 atom stereocenters. The normalized spacial score (nSPS) is 19.9. The summed E-state index contributed by atoms with van der Waals surface area (Å²) in [5.74, 6) is 1.28. The Kier molecular flexibility index (Phi) is 5.84. The van der Waals surface area contributed by atoms with E-state index in [-0.39, 0.29) is 11.9 Å². The second-order valence-corrected chi connectivity index (χ2v) is 8.68. The number of nitrogens with one attached hydrogen (secondary N) is 1. The summed E-state index contributed by atoms with van der Waals surface area (Å²) in [5.41, 5.74) is 4.23. The van der Waals surface area contributed by atoms with Gasteiger partial charge in [0.1, 0.15) is 0 Å². The SMILES string of the molecule is CNC(=O)N1CCC(C2CCN(C(=O)c3ccc(-n4c(C)ccc4C)cc3)C2)CC1. The van der Waals surface area contributed by atoms with Crippen LogP contribution in [0.5, 0.6) is 0 Å². The fourth-order valence-electron chi connectivity index (χ4n) is 5.10. The number of nitrogens with zero attached hydrogens (tertiary/aromatic N) is 3. The molecule has 3 heterocycles. The molecule has 0 radical (unpaired) electrons. The van der Waals surface area contributed by atoms with Crippen LogP contribution < -0.4 is 5.32 Å². The van der Waals surface area contributed by atoms with E-state index in [2.05, 4.69) is 35.9 Å². The molecule has 2 fully saturated rings. The van der Waals surface area contributed by atoms with Crippen molar-refractivity contribution in [3.63, 3.8) is 0 Å². The van der Waals surface area contributed by atoms with Crippen LogP contribution in [0.15, 0.2) is 36.4 Å². The molecule has 2 aliphatic heterocycles. The summed E-state index contributed by atoms with van der Waals surface area (Å²) in [6.45, 7) is 7.48. The Labute approximate surface area is 178 Å². The molecule has 2 saturated heterocycles. The van der Waals surface area contributed by atoms with Crippen LogP contribution in [-0.4, -0.2) is 59.5 Å². The van der Waals surface area contributed by atoms with E-state index in [0.29, 0.717) is 11.8 Å². The van der Waals surface area contributed by atoms with Gasteiger partial charge in [-0.3, -0.25) is 4.79 Å². The number of urea groups is 1. The lowest BCUT2D eigenvalue weighted by Crippen LogP contribution is -2.44. The molecule has 0 saturated carbocycles. The van der Waals surface area contributed by atoms with Gasteiger partial charge in [0.2, 0.25) is 0 Å². The fraction of sp³-hybridized carbons (Fsp3) is 0.500. The Morgan fingerprint density at radius 1 is 0.833 bits per heavy atom. The molecular weight excluding hydrogens is 376 g/mol. The van der Waals surface area contributed by atoms with Crippen LogP contribution >= 0.6 is 0 Å². The highest BCUT2D eigenvalue weighted by Crippen LogP contribution is 2.32. The molecule has 30 heavy (non-hydrogen) atoms. The van der Waals surface area contributed by atoms with E-state index >= 15 is 0 Å². The van der Waals surface area contributed by atoms with Gasteiger partial charge in [-0.1, -0.05) is 0 Å². The summed E-state index contributed by atoms with van der Waals surface area (Å²) in [6, 6.07) is 12.2. The third kappa shape index (κ3) is 3.95. The van der Waals surface area contributed by atoms with Gasteiger partial charge in [-0.05, 0) is 81.3 Å². The summed E-state index contributed by atoms with van der Waals surface area (Å²) in [5, 5.41) is 2.71. The minimum absolute atomic E-state index is 0.0189. The molecule has 1 aromatic heterocycles. The third-order valence-electron chi connectivity index (χ3n) is 6.86. The van der Waals surface area contributed by atoms with E-state index in [0.717, 1.165) is 56.7 Å². The average molecular weight is 409 g/mol. The molecule has 4 rings (SSSR count). The minimum Gasteiger partial charge on any atom is -0.341 e. The standard InChI is InChI=1S/C24H32N4O2/c1-17-4-5-18(2)28(17)22-8-6-20(7-9-22)23(29)27-15-12-21(16-27)19-10-13-26(14-11-19)24(30)25-3/h4-9,19,21H,10-16H2,1-3H3,(H,25,30). The number of likely N-dealkylation sites (tertiary alicyclic amines) is 2. The number of benzene rings is 1. The van der Waals surface area contributed by atoms with E-state index in [1.54, 1.807) is 7.05 Å². The highest BCUT2D eigenvalue weighted by atomic mass is 16.2. The number of carbonyl (C=O) groups excluding carboxylic acids is 2. The summed E-state index contributed by atoms with van der Waals surface area (Å²) in [4.78, 5) is 28.7. The number of hydrogen-bond acceptors (Lipinski definition) is 2. The maximum Gasteiger partial charge on any atom is 0.317 e. The van der Waals surface area contributed by atoms with Gasteiger partial charge in [0, 0.05) is 55.9 Å². The minimum atomic E-state index is 0.0189. The highest BCUT2D eigenvalue weighted by molar-refractivity contribution is 5.94. The molecule has 2 aliphatic rings. The smallest absolute Gasteiger partial charge is 0.317 e. The molecule has 6 heteroatoms. The average Bonchev–Trinajstić information content (AvgIpc) is 3.40. The van der Waals surface area contributed by atoms with Crippen LogP contribution in [0, 0.1) is 25.7 Å². The van der Waals surface area contributed by atoms with E-state index < -0.39 is 0 Å². The van der Waals surface area contributed by atoms with Gasteiger partial charge in [0.05, 0.1) is 0 Å². The molecule has 3 amide bonds. The lowest BCUT2D eigenvalue weighted by molar-refractivity contribution is 0.0777. The van der Waals surface area contributed by atoms with E-state index in [1.807, 2.05) is 34.1 Å². The molecule has 0 bridgehead atoms. The van der Waals surface area contributed by atoms with Crippen LogP contribution in [0.25, 0.3) is 5.69 Å². The van der Waals surface area contributed by atoms with Crippen molar-refractivity contribution in [3.05, 3.63) is 53.3 Å². The molecule has 0 spiro atoms. The summed E-state index contributed by atoms with van der Waals surface area (Å²) < 4.78 is 2.20. The molecule has 6 nitrogen and oxygen atoms in total. The van der Waals surface area contributed by atoms with Gasteiger partial charge in [0.15, 0.2) is 0 Å². The maximum absolute atomic E-state index is 13.0. The second-order valence-electron chi connectivity index (χ2n) is 8.68. The zero-order chi connectivity index (χ0) is 21.3. The van der Waals surface area contributed by atoms with Crippen molar-refractivity contribution in [3.8, 4) is 5.69 Å². The Bertz CT molecular complexity index is 890. The molecule has 1 unspecified atom stereocenters. The van der Waals surface area contributed by atoms with Gasteiger partial charge in [-0.2, -0.15) is 0 Å². The molecule has 0 aliphatic carbocycles. The topological polar surface area (TPSA) is 57.6 Å². The van der Waals surface area contributed by atoms with Gasteiger partial charge < -0.3 is 19.7 Å². The lowest BCUT2D eigenvalue weighted by atomic mass is 9.84. The molecule has 1 aromatic carbocycles. The van der Waals surface area contributed by atoms with E-state index in [1.165, 1.54) is 11.4 Å². The molecule has 1 N–H and O–H groups in total. The second kappa shape index (κ2) is 8.54. The zero-order valence-corrected chi connectivity index (χ0v) is 18.2. The highest BCUT2D eigenvalue weighted by Gasteiger charge is 2.34. The Balaban J connectivity index is 1.36. The third-order valence-corrected chi connectivity index (χ3v) is 6.86. The van der Waals surface area contributed by atoms with Crippen LogP contribution in [-0.2, 0) is 0 Å². The van der Waals surface area contributed by atoms with Gasteiger partial charge in [0.25, 0.3) is 5.91 Å². The van der Waals surface area contributed by atoms with Crippen molar-refractivity contribution in [2.75, 3.05) is 33.2 Å². The predicted octanol–water partition coefficient (Wildman–Crippen LogP) is 3.61. The fourth-order valence-corrected chi connectivity index (χ4v) is 5.10. The number of amides is 3. The Morgan fingerprint density at radius 3 is 2.00 bits per heavy atom. The number of aryl methyl sites for hydroxylation is 2. The summed E-state index contributed by atoms with van der Waals surface area (Å²) in [7, 11) is 1.68. The molecule has 160 valence electrons. The lowest BCUT2D eigenvalue weighted by Gasteiger charge is -2.34. The number of hydrogen-bond donors (Lipinski definition) is 1. The van der Waals surface area contributed by atoms with E-state index in [9.17, 15) is 9.59 Å². The number of carbonyl (C=O) groups is 2. The Hall–Kier alpha value is -2.76. The number of rotatable bonds is 3. The van der Waals surface area contributed by atoms with Crippen molar-refractivity contribution in [2.24, 2.45) is 11.8 Å². The van der Waals surface area contributed by atoms with Crippen LogP contribution in [0.3, 0.4) is 0 Å². The van der Waals surface area contributed by atoms with Crippen molar-refractivity contribution in [1.29, 1.82) is 0 Å². The van der Waals surface area contributed by atoms with Crippen LogP contribution in [0.2, 0.25) is 0 Å². The van der Waals surface area contributed by atoms with Crippen molar-refractivity contribution < 1.29 is 9.59 Å². The molecular formula is C24H32N4O2. The zero-order valence-electron chi connectivity index (χ0n) is 18.2. The first-order valence-electron chi connectivity index (χ1n) is 11.0. The van der Waals surface area contributed by atoms with Gasteiger partial charge >= 0.3 is 6.03 Å². The first kappa shape index (κ1) is 20.5. The van der Waals surface area contributed by atoms with Gasteiger partial charge in [-0.25, -0.2) is 4.79 Å². The van der Waals surface area contributed by atoms with Crippen molar-refractivity contribution >= 4 is 11.9 Å². The van der Waals surface area contributed by atoms with Crippen LogP contribution in [0.4, 0.5) is 4.79 Å². The molecule has 2 aromatic rings.